The zero-order valence-corrected chi connectivity index (χ0v) is 13.7. The van der Waals surface area contributed by atoms with Crippen LogP contribution >= 0.6 is 0 Å². The van der Waals surface area contributed by atoms with Crippen LogP contribution in [0, 0.1) is 0 Å². The minimum absolute atomic E-state index is 0.0774. The minimum Gasteiger partial charge on any atom is -0.437 e. The van der Waals surface area contributed by atoms with E-state index in [0.29, 0.717) is 30.3 Å². The predicted molar refractivity (Wildman–Crippen MR) is 89.1 cm³/mol. The summed E-state index contributed by atoms with van der Waals surface area (Å²) in [6, 6.07) is 7.04. The van der Waals surface area contributed by atoms with E-state index in [-0.39, 0.29) is 12.0 Å². The minimum atomic E-state index is -0.0774. The summed E-state index contributed by atoms with van der Waals surface area (Å²) >= 11 is 0. The van der Waals surface area contributed by atoms with Crippen LogP contribution in [0.25, 0.3) is 0 Å². The molecule has 0 saturated carbocycles. The molecular weight excluding hydrogens is 306 g/mol. The molecule has 126 valence electrons. The number of aromatic nitrogens is 2. The van der Waals surface area contributed by atoms with Crippen molar-refractivity contribution in [3.8, 4) is 11.6 Å². The Hall–Kier alpha value is -2.47. The first-order valence-electron chi connectivity index (χ1n) is 8.21. The van der Waals surface area contributed by atoms with Crippen molar-refractivity contribution in [3.63, 3.8) is 0 Å². The number of likely N-dealkylation sites (tertiary alicyclic amines) is 1. The third-order valence-electron chi connectivity index (χ3n) is 3.92. The van der Waals surface area contributed by atoms with Gasteiger partial charge in [0.15, 0.2) is 0 Å². The molecule has 1 aliphatic rings. The first-order valence-corrected chi connectivity index (χ1v) is 8.21. The predicted octanol–water partition coefficient (Wildman–Crippen LogP) is 2.91. The fourth-order valence-corrected chi connectivity index (χ4v) is 2.82. The summed E-state index contributed by atoms with van der Waals surface area (Å²) in [7, 11) is 0. The highest BCUT2D eigenvalue weighted by Gasteiger charge is 2.27. The zero-order chi connectivity index (χ0) is 16.8. The summed E-state index contributed by atoms with van der Waals surface area (Å²) in [4.78, 5) is 22.9. The molecule has 3 rings (SSSR count). The van der Waals surface area contributed by atoms with Gasteiger partial charge < -0.3 is 14.4 Å². The Kier molecular flexibility index (Phi) is 5.38. The Balaban J connectivity index is 1.77. The average Bonchev–Trinajstić information content (AvgIpc) is 2.63. The van der Waals surface area contributed by atoms with Gasteiger partial charge in [0, 0.05) is 32.1 Å². The van der Waals surface area contributed by atoms with Gasteiger partial charge in [0.1, 0.15) is 11.3 Å². The molecule has 1 fully saturated rings. The second kappa shape index (κ2) is 7.88. The van der Waals surface area contributed by atoms with E-state index >= 15 is 0 Å². The van der Waals surface area contributed by atoms with Crippen LogP contribution in [0.3, 0.4) is 0 Å². The molecule has 0 aliphatic carbocycles. The summed E-state index contributed by atoms with van der Waals surface area (Å²) in [5, 5.41) is 0. The third-order valence-corrected chi connectivity index (χ3v) is 3.92. The molecular formula is C18H21N3O3. The monoisotopic (exact) mass is 327 g/mol. The smallest absolute Gasteiger partial charge is 0.259 e. The lowest BCUT2D eigenvalue weighted by atomic mass is 10.1. The van der Waals surface area contributed by atoms with Gasteiger partial charge in [0.05, 0.1) is 12.3 Å². The van der Waals surface area contributed by atoms with E-state index in [4.69, 9.17) is 9.47 Å². The van der Waals surface area contributed by atoms with Crippen molar-refractivity contribution in [2.24, 2.45) is 0 Å². The lowest BCUT2D eigenvalue weighted by molar-refractivity contribution is 0.00713. The maximum atomic E-state index is 12.9. The van der Waals surface area contributed by atoms with Crippen LogP contribution in [0.15, 0.2) is 42.9 Å². The molecule has 24 heavy (non-hydrogen) atoms. The molecule has 6 heteroatoms. The molecule has 3 heterocycles. The van der Waals surface area contributed by atoms with Gasteiger partial charge >= 0.3 is 0 Å². The molecule has 1 amide bonds. The molecule has 0 aromatic carbocycles. The summed E-state index contributed by atoms with van der Waals surface area (Å²) in [5.74, 6) is 0.775. The van der Waals surface area contributed by atoms with Gasteiger partial charge in [-0.1, -0.05) is 0 Å². The number of carbonyl (C=O) groups is 1. The van der Waals surface area contributed by atoms with Crippen molar-refractivity contribution < 1.29 is 14.3 Å². The van der Waals surface area contributed by atoms with Crippen LogP contribution in [0.2, 0.25) is 0 Å². The SMILES string of the molecule is CCO[C@H]1CCCN(C(=O)c2cccnc2Oc2cccnc2)C1. The molecule has 6 nitrogen and oxygen atoms in total. The quantitative estimate of drug-likeness (QED) is 0.845. The fraction of sp³-hybridized carbons (Fsp3) is 0.389. The highest BCUT2D eigenvalue weighted by atomic mass is 16.5. The topological polar surface area (TPSA) is 64.5 Å². The number of hydrogen-bond acceptors (Lipinski definition) is 5. The molecule has 0 bridgehead atoms. The van der Waals surface area contributed by atoms with Crippen LogP contribution < -0.4 is 4.74 Å². The van der Waals surface area contributed by atoms with Crippen LogP contribution in [0.4, 0.5) is 0 Å². The summed E-state index contributed by atoms with van der Waals surface area (Å²) in [6.45, 7) is 3.97. The fourth-order valence-electron chi connectivity index (χ4n) is 2.82. The Morgan fingerprint density at radius 1 is 1.33 bits per heavy atom. The van der Waals surface area contributed by atoms with E-state index in [1.165, 1.54) is 0 Å². The lowest BCUT2D eigenvalue weighted by Gasteiger charge is -2.32. The molecule has 1 atom stereocenters. The highest BCUT2D eigenvalue weighted by Crippen LogP contribution is 2.24. The Morgan fingerprint density at radius 2 is 2.21 bits per heavy atom. The number of rotatable bonds is 5. The van der Waals surface area contributed by atoms with Crippen molar-refractivity contribution in [2.45, 2.75) is 25.9 Å². The van der Waals surface area contributed by atoms with E-state index in [2.05, 4.69) is 9.97 Å². The Morgan fingerprint density at radius 3 is 3.00 bits per heavy atom. The number of nitrogens with zero attached hydrogens (tertiary/aromatic N) is 3. The van der Waals surface area contributed by atoms with Crippen molar-refractivity contribution in [2.75, 3.05) is 19.7 Å². The van der Waals surface area contributed by atoms with Crippen molar-refractivity contribution >= 4 is 5.91 Å². The summed E-state index contributed by atoms with van der Waals surface area (Å²) in [5.41, 5.74) is 0.457. The van der Waals surface area contributed by atoms with Crippen molar-refractivity contribution in [1.29, 1.82) is 0 Å². The summed E-state index contributed by atoms with van der Waals surface area (Å²) < 4.78 is 11.4. The largest absolute Gasteiger partial charge is 0.437 e. The molecule has 0 N–H and O–H groups in total. The average molecular weight is 327 g/mol. The number of hydrogen-bond donors (Lipinski definition) is 0. The maximum absolute atomic E-state index is 12.9. The highest BCUT2D eigenvalue weighted by molar-refractivity contribution is 5.96. The maximum Gasteiger partial charge on any atom is 0.259 e. The van der Waals surface area contributed by atoms with E-state index in [0.717, 1.165) is 19.4 Å². The van der Waals surface area contributed by atoms with Gasteiger partial charge in [-0.15, -0.1) is 0 Å². The van der Waals surface area contributed by atoms with Gasteiger partial charge in [-0.25, -0.2) is 4.98 Å². The van der Waals surface area contributed by atoms with Gasteiger partial charge in [-0.05, 0) is 44.0 Å². The van der Waals surface area contributed by atoms with E-state index < -0.39 is 0 Å². The van der Waals surface area contributed by atoms with Crippen LogP contribution in [-0.2, 0) is 4.74 Å². The third kappa shape index (κ3) is 3.89. The Labute approximate surface area is 141 Å². The van der Waals surface area contributed by atoms with Crippen LogP contribution in [-0.4, -0.2) is 46.6 Å². The van der Waals surface area contributed by atoms with Gasteiger partial charge in [0.2, 0.25) is 5.88 Å². The van der Waals surface area contributed by atoms with Gasteiger partial charge in [0.25, 0.3) is 5.91 Å². The van der Waals surface area contributed by atoms with Gasteiger partial charge in [-0.2, -0.15) is 0 Å². The summed E-state index contributed by atoms with van der Waals surface area (Å²) in [6.07, 6.45) is 6.90. The zero-order valence-electron chi connectivity index (χ0n) is 13.7. The second-order valence-corrected chi connectivity index (χ2v) is 5.62. The number of piperidine rings is 1. The number of ether oxygens (including phenoxy) is 2. The van der Waals surface area contributed by atoms with E-state index in [9.17, 15) is 4.79 Å². The van der Waals surface area contributed by atoms with Crippen molar-refractivity contribution in [1.82, 2.24) is 14.9 Å². The Bertz CT molecular complexity index is 676. The van der Waals surface area contributed by atoms with E-state index in [1.807, 2.05) is 11.8 Å². The molecule has 0 spiro atoms. The number of carbonyl (C=O) groups excluding carboxylic acids is 1. The van der Waals surface area contributed by atoms with Crippen LogP contribution in [0.1, 0.15) is 30.1 Å². The molecule has 2 aromatic heterocycles. The normalized spacial score (nSPS) is 17.5. The molecule has 1 aliphatic heterocycles. The number of amides is 1. The first kappa shape index (κ1) is 16.4. The van der Waals surface area contributed by atoms with Gasteiger partial charge in [-0.3, -0.25) is 9.78 Å². The molecule has 2 aromatic rings. The lowest BCUT2D eigenvalue weighted by Crippen LogP contribution is -2.43. The molecule has 0 radical (unpaired) electrons. The van der Waals surface area contributed by atoms with Crippen LogP contribution in [0.5, 0.6) is 11.6 Å². The second-order valence-electron chi connectivity index (χ2n) is 5.62. The van der Waals surface area contributed by atoms with Crippen molar-refractivity contribution in [3.05, 3.63) is 48.4 Å². The standard InChI is InChI=1S/C18H21N3O3/c1-2-23-15-7-5-11-21(13-15)18(22)16-8-4-10-20-17(16)24-14-6-3-9-19-12-14/h3-4,6,8-10,12,15H,2,5,7,11,13H2,1H3/t15-/m0/s1. The first-order chi connectivity index (χ1) is 11.8. The number of pyridine rings is 2. The van der Waals surface area contributed by atoms with E-state index in [1.54, 1.807) is 42.9 Å². The molecule has 0 unspecified atom stereocenters. The molecule has 1 saturated heterocycles.